The van der Waals surface area contributed by atoms with Crippen LogP contribution in [0.15, 0.2) is 36.3 Å². The minimum Gasteiger partial charge on any atom is -0.416 e. The second kappa shape index (κ2) is 6.98. The van der Waals surface area contributed by atoms with E-state index in [2.05, 4.69) is 45.2 Å². The molecule has 124 valence electrons. The van der Waals surface area contributed by atoms with Crippen LogP contribution in [0.1, 0.15) is 26.3 Å². The van der Waals surface area contributed by atoms with E-state index in [9.17, 15) is 8.42 Å². The van der Waals surface area contributed by atoms with Gasteiger partial charge in [-0.05, 0) is 36.2 Å². The molecule has 0 aliphatic rings. The number of rotatable bonds is 7. The lowest BCUT2D eigenvalue weighted by atomic mass is 10.1. The molecule has 0 saturated heterocycles. The summed E-state index contributed by atoms with van der Waals surface area (Å²) in [6, 6.07) is 7.37. The average molecular weight is 342 g/mol. The molecule has 0 aliphatic carbocycles. The lowest BCUT2D eigenvalue weighted by Crippen LogP contribution is -2.41. The van der Waals surface area contributed by atoms with Crippen molar-refractivity contribution < 1.29 is 12.8 Å². The number of nitrogens with one attached hydrogen (secondary N) is 1. The summed E-state index contributed by atoms with van der Waals surface area (Å²) in [4.78, 5) is 0. The summed E-state index contributed by atoms with van der Waals surface area (Å²) in [7, 11) is -5.27. The minimum atomic E-state index is -3.49. The fourth-order valence-electron chi connectivity index (χ4n) is 1.67. The van der Waals surface area contributed by atoms with Crippen molar-refractivity contribution in [3.63, 3.8) is 0 Å². The first kappa shape index (κ1) is 18.9. The molecule has 0 atom stereocenters. The molecule has 1 rings (SSSR count). The zero-order valence-corrected chi connectivity index (χ0v) is 16.0. The van der Waals surface area contributed by atoms with Gasteiger partial charge in [0.2, 0.25) is 0 Å². The second-order valence-corrected chi connectivity index (χ2v) is 13.3. The summed E-state index contributed by atoms with van der Waals surface area (Å²) in [5.41, 5.74) is 1.51. The number of hydrogen-bond acceptors (Lipinski definition) is 3. The molecule has 0 saturated carbocycles. The van der Waals surface area contributed by atoms with Crippen molar-refractivity contribution in [3.05, 3.63) is 41.8 Å². The van der Waals surface area contributed by atoms with E-state index in [1.165, 1.54) is 0 Å². The van der Waals surface area contributed by atoms with E-state index in [4.69, 9.17) is 4.43 Å². The first-order valence-electron chi connectivity index (χ1n) is 7.36. The molecule has 0 heterocycles. The Kier molecular flexibility index (Phi) is 6.00. The van der Waals surface area contributed by atoms with Crippen LogP contribution in [0.5, 0.6) is 0 Å². The molecule has 6 heteroatoms. The third-order valence-electron chi connectivity index (χ3n) is 4.13. The Labute approximate surface area is 135 Å². The Bertz CT molecular complexity index is 619. The van der Waals surface area contributed by atoms with Crippen LogP contribution in [0.25, 0.3) is 0 Å². The lowest BCUT2D eigenvalue weighted by Gasteiger charge is -2.36. The number of para-hydroxylation sites is 1. The van der Waals surface area contributed by atoms with Crippen molar-refractivity contribution in [2.24, 2.45) is 0 Å². The van der Waals surface area contributed by atoms with E-state index in [0.717, 1.165) is 11.0 Å². The van der Waals surface area contributed by atoms with Crippen LogP contribution >= 0.6 is 0 Å². The molecule has 0 radical (unpaired) electrons. The van der Waals surface area contributed by atoms with Gasteiger partial charge in [0.15, 0.2) is 8.32 Å². The van der Waals surface area contributed by atoms with Crippen LogP contribution in [0, 0.1) is 0 Å². The second-order valence-electron chi connectivity index (χ2n) is 6.83. The zero-order chi connectivity index (χ0) is 17.0. The molecule has 0 bridgehead atoms. The van der Waals surface area contributed by atoms with Gasteiger partial charge in [-0.1, -0.05) is 45.5 Å². The van der Waals surface area contributed by atoms with Gasteiger partial charge < -0.3 is 4.43 Å². The third kappa shape index (κ3) is 5.26. The third-order valence-corrected chi connectivity index (χ3v) is 9.61. The van der Waals surface area contributed by atoms with Gasteiger partial charge >= 0.3 is 0 Å². The largest absolute Gasteiger partial charge is 0.416 e. The normalized spacial score (nSPS) is 13.0. The van der Waals surface area contributed by atoms with Crippen molar-refractivity contribution in [2.75, 3.05) is 11.3 Å². The van der Waals surface area contributed by atoms with E-state index in [1.54, 1.807) is 12.1 Å². The molecule has 0 aliphatic heterocycles. The molecule has 0 unspecified atom stereocenters. The topological polar surface area (TPSA) is 55.4 Å². The SMILES string of the molecule is C=CS(=O)(=O)Nc1ccccc1CCO[Si](C)(C)C(C)(C)C. The smallest absolute Gasteiger partial charge is 0.254 e. The molecule has 0 spiro atoms. The van der Waals surface area contributed by atoms with E-state index < -0.39 is 18.3 Å². The van der Waals surface area contributed by atoms with Gasteiger partial charge in [-0.15, -0.1) is 0 Å². The van der Waals surface area contributed by atoms with Crippen molar-refractivity contribution in [1.29, 1.82) is 0 Å². The fraction of sp³-hybridized carbons (Fsp3) is 0.500. The lowest BCUT2D eigenvalue weighted by molar-refractivity contribution is 0.292. The molecule has 0 aromatic heterocycles. The summed E-state index contributed by atoms with van der Waals surface area (Å²) in [5.74, 6) is 0. The van der Waals surface area contributed by atoms with Gasteiger partial charge in [0.25, 0.3) is 10.0 Å². The van der Waals surface area contributed by atoms with Crippen LogP contribution in [-0.2, 0) is 20.9 Å². The maximum Gasteiger partial charge on any atom is 0.254 e. The molecule has 1 N–H and O–H groups in total. The van der Waals surface area contributed by atoms with Crippen LogP contribution in [0.3, 0.4) is 0 Å². The van der Waals surface area contributed by atoms with Gasteiger partial charge in [0.1, 0.15) is 0 Å². The minimum absolute atomic E-state index is 0.164. The summed E-state index contributed by atoms with van der Waals surface area (Å²) in [5, 5.41) is 1.08. The number of sulfonamides is 1. The Hall–Kier alpha value is -1.11. The highest BCUT2D eigenvalue weighted by atomic mass is 32.2. The summed E-state index contributed by atoms with van der Waals surface area (Å²) in [6.07, 6.45) is 0.669. The van der Waals surface area contributed by atoms with E-state index >= 15 is 0 Å². The molecule has 1 aromatic carbocycles. The zero-order valence-electron chi connectivity index (χ0n) is 14.1. The van der Waals surface area contributed by atoms with Gasteiger partial charge in [0, 0.05) is 12.0 Å². The molecular formula is C16H27NO3SSi. The van der Waals surface area contributed by atoms with E-state index in [-0.39, 0.29) is 5.04 Å². The van der Waals surface area contributed by atoms with Crippen molar-refractivity contribution in [2.45, 2.75) is 45.3 Å². The predicted octanol–water partition coefficient (Wildman–Crippen LogP) is 4.14. The Morgan fingerprint density at radius 2 is 1.86 bits per heavy atom. The van der Waals surface area contributed by atoms with Gasteiger partial charge in [0.05, 0.1) is 5.69 Å². The van der Waals surface area contributed by atoms with Gasteiger partial charge in [-0.25, -0.2) is 8.42 Å². The summed E-state index contributed by atoms with van der Waals surface area (Å²) >= 11 is 0. The van der Waals surface area contributed by atoms with Crippen LogP contribution in [0.2, 0.25) is 18.1 Å². The van der Waals surface area contributed by atoms with Crippen LogP contribution in [-0.4, -0.2) is 23.3 Å². The van der Waals surface area contributed by atoms with Crippen LogP contribution in [0.4, 0.5) is 5.69 Å². The molecule has 0 amide bonds. The van der Waals surface area contributed by atoms with Crippen molar-refractivity contribution in [1.82, 2.24) is 0 Å². The monoisotopic (exact) mass is 341 g/mol. The van der Waals surface area contributed by atoms with Gasteiger partial charge in [-0.3, -0.25) is 4.72 Å². The average Bonchev–Trinajstić information content (AvgIpc) is 2.39. The quantitative estimate of drug-likeness (QED) is 0.758. The first-order valence-corrected chi connectivity index (χ1v) is 11.8. The molecule has 0 fully saturated rings. The molecule has 22 heavy (non-hydrogen) atoms. The predicted molar refractivity (Wildman–Crippen MR) is 96.0 cm³/mol. The molecule has 4 nitrogen and oxygen atoms in total. The number of anilines is 1. The Morgan fingerprint density at radius 3 is 2.41 bits per heavy atom. The maximum absolute atomic E-state index is 11.6. The maximum atomic E-state index is 11.6. The van der Waals surface area contributed by atoms with Crippen LogP contribution < -0.4 is 4.72 Å². The highest BCUT2D eigenvalue weighted by Crippen LogP contribution is 2.36. The Morgan fingerprint density at radius 1 is 1.27 bits per heavy atom. The van der Waals surface area contributed by atoms with E-state index in [1.807, 2.05) is 12.1 Å². The molecule has 1 aromatic rings. The number of hydrogen-bond donors (Lipinski definition) is 1. The molecular weight excluding hydrogens is 314 g/mol. The fourth-order valence-corrected chi connectivity index (χ4v) is 3.30. The summed E-state index contributed by atoms with van der Waals surface area (Å²) in [6.45, 7) is 14.9. The number of benzene rings is 1. The van der Waals surface area contributed by atoms with Gasteiger partial charge in [-0.2, -0.15) is 0 Å². The van der Waals surface area contributed by atoms with Crippen molar-refractivity contribution >= 4 is 24.0 Å². The standard InChI is InChI=1S/C16H27NO3SSi/c1-7-21(18,19)17-15-11-9-8-10-14(15)12-13-20-22(5,6)16(2,3)4/h7-11,17H,1,12-13H2,2-6H3. The summed E-state index contributed by atoms with van der Waals surface area (Å²) < 4.78 is 31.9. The highest BCUT2D eigenvalue weighted by Gasteiger charge is 2.36. The highest BCUT2D eigenvalue weighted by molar-refractivity contribution is 7.95. The Balaban J connectivity index is 2.78. The first-order chi connectivity index (χ1) is 9.98. The van der Waals surface area contributed by atoms with E-state index in [0.29, 0.717) is 18.7 Å². The van der Waals surface area contributed by atoms with Crippen molar-refractivity contribution in [3.8, 4) is 0 Å².